The predicted molar refractivity (Wildman–Crippen MR) is 84.0 cm³/mol. The highest BCUT2D eigenvalue weighted by Gasteiger charge is 2.47. The van der Waals surface area contributed by atoms with Gasteiger partial charge < -0.3 is 10.6 Å². The molecule has 0 aromatic heterocycles. The topological polar surface area (TPSA) is 41.1 Å². The van der Waals surface area contributed by atoms with Crippen LogP contribution >= 0.6 is 12.4 Å². The maximum absolute atomic E-state index is 12.1. The highest BCUT2D eigenvalue weighted by Crippen LogP contribution is 2.49. The van der Waals surface area contributed by atoms with Crippen molar-refractivity contribution in [2.24, 2.45) is 23.7 Å². The van der Waals surface area contributed by atoms with Crippen LogP contribution in [-0.4, -0.2) is 25.5 Å². The fourth-order valence-electron chi connectivity index (χ4n) is 4.09. The van der Waals surface area contributed by atoms with Crippen LogP contribution in [0.25, 0.3) is 0 Å². The van der Waals surface area contributed by atoms with Gasteiger partial charge in [-0.05, 0) is 50.1 Å². The van der Waals surface area contributed by atoms with Gasteiger partial charge in [0.25, 0.3) is 0 Å². The number of hydrogen-bond donors (Lipinski definition) is 2. The summed E-state index contributed by atoms with van der Waals surface area (Å²) in [7, 11) is 0. The number of rotatable bonds is 5. The average molecular weight is 301 g/mol. The fraction of sp³-hybridized carbons (Fsp3) is 0.938. The smallest absolute Gasteiger partial charge is 0.223 e. The van der Waals surface area contributed by atoms with Crippen molar-refractivity contribution in [3.05, 3.63) is 0 Å². The lowest BCUT2D eigenvalue weighted by molar-refractivity contribution is -0.122. The molecule has 1 saturated heterocycles. The van der Waals surface area contributed by atoms with E-state index in [1.807, 2.05) is 0 Å². The highest BCUT2D eigenvalue weighted by molar-refractivity contribution is 5.85. The van der Waals surface area contributed by atoms with Gasteiger partial charge in [-0.15, -0.1) is 12.4 Å². The summed E-state index contributed by atoms with van der Waals surface area (Å²) in [6.07, 6.45) is 10.6. The van der Waals surface area contributed by atoms with E-state index < -0.39 is 0 Å². The fourth-order valence-corrected chi connectivity index (χ4v) is 4.09. The van der Waals surface area contributed by atoms with Crippen LogP contribution in [0.15, 0.2) is 0 Å². The second-order valence-corrected chi connectivity index (χ2v) is 6.84. The summed E-state index contributed by atoms with van der Waals surface area (Å²) >= 11 is 0. The minimum atomic E-state index is 0. The minimum Gasteiger partial charge on any atom is -0.356 e. The first kappa shape index (κ1) is 16.1. The summed E-state index contributed by atoms with van der Waals surface area (Å²) in [6.45, 7) is 3.19. The molecule has 3 unspecified atom stereocenters. The van der Waals surface area contributed by atoms with E-state index in [0.29, 0.717) is 11.8 Å². The third-order valence-electron chi connectivity index (χ3n) is 5.45. The Bertz CT molecular complexity index is 312. The van der Waals surface area contributed by atoms with Gasteiger partial charge >= 0.3 is 0 Å². The molecule has 20 heavy (non-hydrogen) atoms. The van der Waals surface area contributed by atoms with E-state index in [4.69, 9.17) is 0 Å². The zero-order valence-electron chi connectivity index (χ0n) is 12.4. The molecule has 0 radical (unpaired) electrons. The van der Waals surface area contributed by atoms with E-state index in [1.165, 1.54) is 44.9 Å². The first-order chi connectivity index (χ1) is 9.34. The van der Waals surface area contributed by atoms with Gasteiger partial charge in [0.05, 0.1) is 0 Å². The van der Waals surface area contributed by atoms with Crippen molar-refractivity contribution in [1.29, 1.82) is 0 Å². The Kier molecular flexibility index (Phi) is 6.16. The van der Waals surface area contributed by atoms with Gasteiger partial charge in [-0.3, -0.25) is 4.79 Å². The summed E-state index contributed by atoms with van der Waals surface area (Å²) in [5.41, 5.74) is 0. The van der Waals surface area contributed by atoms with Crippen molar-refractivity contribution in [3.8, 4) is 0 Å². The Balaban J connectivity index is 0.00000147. The highest BCUT2D eigenvalue weighted by atomic mass is 35.5. The third kappa shape index (κ3) is 4.11. The summed E-state index contributed by atoms with van der Waals surface area (Å²) in [5.74, 6) is 3.09. The molecule has 1 heterocycles. The molecule has 116 valence electrons. The monoisotopic (exact) mass is 300 g/mol. The maximum Gasteiger partial charge on any atom is 0.223 e. The zero-order valence-corrected chi connectivity index (χ0v) is 13.2. The summed E-state index contributed by atoms with van der Waals surface area (Å²) in [5, 5.41) is 6.56. The van der Waals surface area contributed by atoms with E-state index in [-0.39, 0.29) is 12.4 Å². The zero-order chi connectivity index (χ0) is 13.1. The molecule has 3 atom stereocenters. The second kappa shape index (κ2) is 7.65. The molecular weight excluding hydrogens is 272 g/mol. The van der Waals surface area contributed by atoms with E-state index in [2.05, 4.69) is 10.6 Å². The molecular formula is C16H29ClN2O. The number of nitrogens with one attached hydrogen (secondary N) is 2. The molecule has 2 N–H and O–H groups in total. The molecule has 0 bridgehead atoms. The SMILES string of the molecule is Cl.O=C(NCCC1CCNC1)C1CC1C1CCCCC1. The lowest BCUT2D eigenvalue weighted by atomic mass is 9.85. The summed E-state index contributed by atoms with van der Waals surface area (Å²) in [4.78, 5) is 12.1. The van der Waals surface area contributed by atoms with Crippen LogP contribution in [0.5, 0.6) is 0 Å². The molecule has 1 aliphatic heterocycles. The van der Waals surface area contributed by atoms with E-state index in [9.17, 15) is 4.79 Å². The van der Waals surface area contributed by atoms with Crippen LogP contribution in [0.3, 0.4) is 0 Å². The van der Waals surface area contributed by atoms with Crippen molar-refractivity contribution < 1.29 is 4.79 Å². The molecule has 2 aliphatic carbocycles. The van der Waals surface area contributed by atoms with Gasteiger partial charge in [-0.1, -0.05) is 32.1 Å². The molecule has 3 fully saturated rings. The van der Waals surface area contributed by atoms with Gasteiger partial charge in [0.2, 0.25) is 5.91 Å². The van der Waals surface area contributed by atoms with Crippen LogP contribution in [0, 0.1) is 23.7 Å². The van der Waals surface area contributed by atoms with Crippen molar-refractivity contribution in [2.75, 3.05) is 19.6 Å². The van der Waals surface area contributed by atoms with E-state index in [0.717, 1.165) is 43.8 Å². The molecule has 3 rings (SSSR count). The largest absolute Gasteiger partial charge is 0.356 e. The normalized spacial score (nSPS) is 33.5. The molecule has 2 saturated carbocycles. The first-order valence-corrected chi connectivity index (χ1v) is 8.33. The molecule has 0 aromatic carbocycles. The average Bonchev–Trinajstić information content (AvgIpc) is 3.09. The lowest BCUT2D eigenvalue weighted by Gasteiger charge is -2.21. The number of hydrogen-bond acceptors (Lipinski definition) is 2. The molecule has 1 amide bonds. The quantitative estimate of drug-likeness (QED) is 0.820. The van der Waals surface area contributed by atoms with Crippen molar-refractivity contribution >= 4 is 18.3 Å². The second-order valence-electron chi connectivity index (χ2n) is 6.84. The van der Waals surface area contributed by atoms with Crippen LogP contribution in [0.4, 0.5) is 0 Å². The first-order valence-electron chi connectivity index (χ1n) is 8.33. The molecule has 0 spiro atoms. The Morgan fingerprint density at radius 1 is 1.15 bits per heavy atom. The molecule has 4 heteroatoms. The van der Waals surface area contributed by atoms with Gasteiger partial charge in [0, 0.05) is 12.5 Å². The molecule has 3 aliphatic rings. The van der Waals surface area contributed by atoms with E-state index in [1.54, 1.807) is 0 Å². The van der Waals surface area contributed by atoms with Crippen molar-refractivity contribution in [1.82, 2.24) is 10.6 Å². The third-order valence-corrected chi connectivity index (χ3v) is 5.45. The Hall–Kier alpha value is -0.280. The number of carbonyl (C=O) groups excluding carboxylic acids is 1. The Labute approximate surface area is 129 Å². The van der Waals surface area contributed by atoms with Gasteiger partial charge in [0.1, 0.15) is 0 Å². The van der Waals surface area contributed by atoms with Gasteiger partial charge in [0.15, 0.2) is 0 Å². The minimum absolute atomic E-state index is 0. The number of amides is 1. The van der Waals surface area contributed by atoms with Crippen LogP contribution in [0.1, 0.15) is 51.4 Å². The lowest BCUT2D eigenvalue weighted by Crippen LogP contribution is -2.29. The Morgan fingerprint density at radius 3 is 2.65 bits per heavy atom. The predicted octanol–water partition coefficient (Wildman–Crippen LogP) is 2.74. The maximum atomic E-state index is 12.1. The van der Waals surface area contributed by atoms with Crippen molar-refractivity contribution in [2.45, 2.75) is 51.4 Å². The van der Waals surface area contributed by atoms with Crippen LogP contribution in [-0.2, 0) is 4.79 Å². The van der Waals surface area contributed by atoms with Gasteiger partial charge in [-0.2, -0.15) is 0 Å². The van der Waals surface area contributed by atoms with Gasteiger partial charge in [-0.25, -0.2) is 0 Å². The number of carbonyl (C=O) groups is 1. The standard InChI is InChI=1S/C16H28N2O.ClH/c19-16(18-9-7-12-6-8-17-11-12)15-10-14(15)13-4-2-1-3-5-13;/h12-15,17H,1-11H2,(H,18,19);1H. The van der Waals surface area contributed by atoms with Crippen LogP contribution in [0.2, 0.25) is 0 Å². The molecule has 3 nitrogen and oxygen atoms in total. The van der Waals surface area contributed by atoms with Crippen LogP contribution < -0.4 is 10.6 Å². The summed E-state index contributed by atoms with van der Waals surface area (Å²) in [6, 6.07) is 0. The molecule has 0 aromatic rings. The Morgan fingerprint density at radius 2 is 1.95 bits per heavy atom. The van der Waals surface area contributed by atoms with E-state index >= 15 is 0 Å². The summed E-state index contributed by atoms with van der Waals surface area (Å²) < 4.78 is 0. The van der Waals surface area contributed by atoms with Crippen molar-refractivity contribution in [3.63, 3.8) is 0 Å². The number of halogens is 1.